The van der Waals surface area contributed by atoms with Crippen molar-refractivity contribution in [1.29, 1.82) is 0 Å². The fourth-order valence-electron chi connectivity index (χ4n) is 2.88. The minimum atomic E-state index is -0.844. The first-order valence-electron chi connectivity index (χ1n) is 7.11. The molecule has 2 fully saturated rings. The second-order valence-electron chi connectivity index (χ2n) is 5.67. The number of amides is 1. The van der Waals surface area contributed by atoms with Crippen LogP contribution in [0, 0.1) is 17.6 Å². The molecule has 21 heavy (non-hydrogen) atoms. The lowest BCUT2D eigenvalue weighted by atomic mass is 10.1. The van der Waals surface area contributed by atoms with E-state index in [4.69, 9.17) is 0 Å². The number of nitrogens with one attached hydrogen (secondary N) is 2. The smallest absolute Gasteiger partial charge is 0.224 e. The molecule has 1 aliphatic carbocycles. The highest BCUT2D eigenvalue weighted by Crippen LogP contribution is 2.47. The van der Waals surface area contributed by atoms with Crippen LogP contribution in [0.1, 0.15) is 30.7 Å². The van der Waals surface area contributed by atoms with Crippen LogP contribution >= 0.6 is 12.4 Å². The minimum absolute atomic E-state index is 0. The van der Waals surface area contributed by atoms with E-state index in [1.807, 2.05) is 0 Å². The molecule has 116 valence electrons. The van der Waals surface area contributed by atoms with Crippen molar-refractivity contribution in [3.8, 4) is 0 Å². The van der Waals surface area contributed by atoms with Crippen molar-refractivity contribution < 1.29 is 13.6 Å². The molecule has 3 unspecified atom stereocenters. The average molecular weight is 317 g/mol. The Morgan fingerprint density at radius 1 is 1.29 bits per heavy atom. The third-order valence-corrected chi connectivity index (χ3v) is 4.14. The van der Waals surface area contributed by atoms with Gasteiger partial charge in [0.15, 0.2) is 11.6 Å². The summed E-state index contributed by atoms with van der Waals surface area (Å²) in [5.74, 6) is -1.72. The van der Waals surface area contributed by atoms with Gasteiger partial charge in [-0.2, -0.15) is 0 Å². The van der Waals surface area contributed by atoms with Crippen molar-refractivity contribution in [3.05, 3.63) is 35.4 Å². The van der Waals surface area contributed by atoms with Crippen LogP contribution in [0.15, 0.2) is 18.2 Å². The molecular formula is C15H19ClF2N2O. The summed E-state index contributed by atoms with van der Waals surface area (Å²) in [6.45, 7) is 1.82. The molecule has 1 heterocycles. The molecule has 0 spiro atoms. The van der Waals surface area contributed by atoms with Crippen LogP contribution < -0.4 is 10.6 Å². The highest BCUT2D eigenvalue weighted by atomic mass is 35.5. The molecule has 1 amide bonds. The lowest BCUT2D eigenvalue weighted by molar-refractivity contribution is -0.123. The largest absolute Gasteiger partial charge is 0.352 e. The van der Waals surface area contributed by atoms with Crippen LogP contribution in [0.5, 0.6) is 0 Å². The van der Waals surface area contributed by atoms with Crippen LogP contribution in [-0.4, -0.2) is 25.0 Å². The van der Waals surface area contributed by atoms with Crippen LogP contribution in [0.4, 0.5) is 8.78 Å². The van der Waals surface area contributed by atoms with E-state index in [0.717, 1.165) is 38.4 Å². The third-order valence-electron chi connectivity index (χ3n) is 4.14. The quantitative estimate of drug-likeness (QED) is 0.899. The van der Waals surface area contributed by atoms with Gasteiger partial charge in [-0.3, -0.25) is 4.79 Å². The number of hydrogen-bond acceptors (Lipinski definition) is 2. The molecule has 6 heteroatoms. The molecule has 2 aliphatic rings. The summed E-state index contributed by atoms with van der Waals surface area (Å²) in [6.07, 6.45) is 2.79. The van der Waals surface area contributed by atoms with Crippen LogP contribution in [0.3, 0.4) is 0 Å². The van der Waals surface area contributed by atoms with Gasteiger partial charge in [0.1, 0.15) is 0 Å². The summed E-state index contributed by atoms with van der Waals surface area (Å²) in [6, 6.07) is 4.10. The Morgan fingerprint density at radius 3 is 2.76 bits per heavy atom. The van der Waals surface area contributed by atoms with Crippen LogP contribution in [-0.2, 0) is 4.79 Å². The fourth-order valence-corrected chi connectivity index (χ4v) is 2.88. The lowest BCUT2D eigenvalue weighted by Crippen LogP contribution is -2.46. The number of carbonyl (C=O) groups excluding carboxylic acids is 1. The summed E-state index contributed by atoms with van der Waals surface area (Å²) < 4.78 is 26.1. The Morgan fingerprint density at radius 2 is 2.10 bits per heavy atom. The molecule has 3 atom stereocenters. The Balaban J connectivity index is 0.00000161. The molecule has 1 saturated heterocycles. The molecule has 1 aliphatic heterocycles. The van der Waals surface area contributed by atoms with E-state index in [1.54, 1.807) is 6.07 Å². The zero-order chi connectivity index (χ0) is 14.1. The van der Waals surface area contributed by atoms with Crippen LogP contribution in [0.25, 0.3) is 0 Å². The standard InChI is InChI=1S/C15H18F2N2O.ClH/c16-13-4-3-9(6-14(13)17)11-7-12(11)15(20)19-10-2-1-5-18-8-10;/h3-4,6,10-12,18H,1-2,5,7-8H2,(H,19,20);1H. The molecule has 2 N–H and O–H groups in total. The van der Waals surface area contributed by atoms with Gasteiger partial charge in [0, 0.05) is 18.5 Å². The van der Waals surface area contributed by atoms with Crippen molar-refractivity contribution in [3.63, 3.8) is 0 Å². The zero-order valence-electron chi connectivity index (χ0n) is 11.6. The Kier molecular flexibility index (Phi) is 5.17. The molecule has 1 aromatic carbocycles. The highest BCUT2D eigenvalue weighted by Gasteiger charge is 2.44. The fraction of sp³-hybridized carbons (Fsp3) is 0.533. The van der Waals surface area contributed by atoms with Gasteiger partial charge < -0.3 is 10.6 Å². The first-order chi connectivity index (χ1) is 9.65. The van der Waals surface area contributed by atoms with Gasteiger partial charge in [-0.05, 0) is 49.4 Å². The van der Waals surface area contributed by atoms with E-state index in [2.05, 4.69) is 10.6 Å². The van der Waals surface area contributed by atoms with E-state index in [1.165, 1.54) is 6.07 Å². The van der Waals surface area contributed by atoms with E-state index < -0.39 is 11.6 Å². The minimum Gasteiger partial charge on any atom is -0.352 e. The molecule has 0 bridgehead atoms. The maximum absolute atomic E-state index is 13.2. The Hall–Kier alpha value is -1.20. The Labute approximate surface area is 128 Å². The van der Waals surface area contributed by atoms with Crippen molar-refractivity contribution in [1.82, 2.24) is 10.6 Å². The van der Waals surface area contributed by atoms with Crippen molar-refractivity contribution >= 4 is 18.3 Å². The monoisotopic (exact) mass is 316 g/mol. The summed E-state index contributed by atoms with van der Waals surface area (Å²) in [4.78, 5) is 12.1. The van der Waals surface area contributed by atoms with E-state index in [9.17, 15) is 13.6 Å². The average Bonchev–Trinajstić information content (AvgIpc) is 3.23. The van der Waals surface area contributed by atoms with Gasteiger partial charge in [-0.25, -0.2) is 8.78 Å². The van der Waals surface area contributed by atoms with E-state index >= 15 is 0 Å². The second-order valence-corrected chi connectivity index (χ2v) is 5.67. The van der Waals surface area contributed by atoms with Gasteiger partial charge >= 0.3 is 0 Å². The highest BCUT2D eigenvalue weighted by molar-refractivity contribution is 5.85. The number of halogens is 3. The number of piperidine rings is 1. The van der Waals surface area contributed by atoms with Gasteiger partial charge in [-0.1, -0.05) is 6.07 Å². The predicted molar refractivity (Wildman–Crippen MR) is 78.5 cm³/mol. The van der Waals surface area contributed by atoms with E-state index in [0.29, 0.717) is 5.56 Å². The normalized spacial score (nSPS) is 27.6. The van der Waals surface area contributed by atoms with Crippen molar-refractivity contribution in [2.75, 3.05) is 13.1 Å². The predicted octanol–water partition coefficient (Wildman–Crippen LogP) is 2.36. The molecule has 0 radical (unpaired) electrons. The molecular weight excluding hydrogens is 298 g/mol. The van der Waals surface area contributed by atoms with E-state index in [-0.39, 0.29) is 36.2 Å². The maximum atomic E-state index is 13.2. The maximum Gasteiger partial charge on any atom is 0.224 e. The number of benzene rings is 1. The molecule has 3 nitrogen and oxygen atoms in total. The SMILES string of the molecule is Cl.O=C(NC1CCCNC1)C1CC1c1ccc(F)c(F)c1. The summed E-state index contributed by atoms with van der Waals surface area (Å²) in [5.41, 5.74) is 0.714. The topological polar surface area (TPSA) is 41.1 Å². The van der Waals surface area contributed by atoms with Crippen molar-refractivity contribution in [2.45, 2.75) is 31.2 Å². The lowest BCUT2D eigenvalue weighted by Gasteiger charge is -2.23. The van der Waals surface area contributed by atoms with Crippen molar-refractivity contribution in [2.24, 2.45) is 5.92 Å². The number of carbonyl (C=O) groups is 1. The van der Waals surface area contributed by atoms with Gasteiger partial charge in [0.2, 0.25) is 5.91 Å². The number of rotatable bonds is 3. The molecule has 1 aromatic rings. The van der Waals surface area contributed by atoms with Gasteiger partial charge in [-0.15, -0.1) is 12.4 Å². The summed E-state index contributed by atoms with van der Waals surface area (Å²) >= 11 is 0. The first kappa shape index (κ1) is 16.2. The van der Waals surface area contributed by atoms with Gasteiger partial charge in [0.05, 0.1) is 0 Å². The van der Waals surface area contributed by atoms with Gasteiger partial charge in [0.25, 0.3) is 0 Å². The molecule has 0 aromatic heterocycles. The molecule has 1 saturated carbocycles. The summed E-state index contributed by atoms with van der Waals surface area (Å²) in [7, 11) is 0. The Bertz CT molecular complexity index is 520. The summed E-state index contributed by atoms with van der Waals surface area (Å²) in [5, 5.41) is 6.29. The second kappa shape index (κ2) is 6.71. The molecule has 3 rings (SSSR count). The van der Waals surface area contributed by atoms with Crippen LogP contribution in [0.2, 0.25) is 0 Å². The number of hydrogen-bond donors (Lipinski definition) is 2. The first-order valence-corrected chi connectivity index (χ1v) is 7.11. The zero-order valence-corrected chi connectivity index (χ0v) is 12.4. The third kappa shape index (κ3) is 3.71.